The molecule has 9 heteroatoms. The van der Waals surface area contributed by atoms with Crippen molar-refractivity contribution in [2.45, 2.75) is 19.5 Å². The number of hydrogen-bond donors (Lipinski definition) is 2. The second-order valence-electron chi connectivity index (χ2n) is 5.66. The van der Waals surface area contributed by atoms with Gasteiger partial charge in [-0.1, -0.05) is 15.9 Å². The average molecular weight is 395 g/mol. The number of likely N-dealkylation sites (tertiary alicyclic amines) is 1. The minimum Gasteiger partial charge on any atom is -0.481 e. The van der Waals surface area contributed by atoms with Crippen LogP contribution in [0.3, 0.4) is 0 Å². The molecule has 126 valence electrons. The van der Waals surface area contributed by atoms with Crippen LogP contribution in [0.2, 0.25) is 0 Å². The summed E-state index contributed by atoms with van der Waals surface area (Å²) in [5.74, 6) is -1.00. The van der Waals surface area contributed by atoms with Crippen LogP contribution in [0, 0.1) is 5.41 Å². The van der Waals surface area contributed by atoms with Gasteiger partial charge in [-0.2, -0.15) is 13.2 Å². The molecule has 0 aromatic heterocycles. The summed E-state index contributed by atoms with van der Waals surface area (Å²) in [6, 6.07) is 2.74. The first-order valence-corrected chi connectivity index (χ1v) is 7.48. The van der Waals surface area contributed by atoms with Gasteiger partial charge in [0.05, 0.1) is 11.0 Å². The number of nitrogens with zero attached hydrogens (tertiary/aromatic N) is 1. The molecule has 0 saturated carbocycles. The molecule has 0 aliphatic carbocycles. The van der Waals surface area contributed by atoms with Gasteiger partial charge in [-0.25, -0.2) is 4.79 Å². The lowest BCUT2D eigenvalue weighted by atomic mass is 9.90. The Labute approximate surface area is 138 Å². The van der Waals surface area contributed by atoms with Crippen molar-refractivity contribution in [3.63, 3.8) is 0 Å². The van der Waals surface area contributed by atoms with Crippen LogP contribution in [0.5, 0.6) is 0 Å². The number of nitrogens with one attached hydrogen (secondary N) is 1. The van der Waals surface area contributed by atoms with Crippen LogP contribution >= 0.6 is 15.9 Å². The molecular weight excluding hydrogens is 381 g/mol. The second-order valence-corrected chi connectivity index (χ2v) is 6.51. The fourth-order valence-corrected chi connectivity index (χ4v) is 2.80. The topological polar surface area (TPSA) is 69.6 Å². The Balaban J connectivity index is 2.12. The summed E-state index contributed by atoms with van der Waals surface area (Å²) in [5, 5.41) is 11.5. The van der Waals surface area contributed by atoms with E-state index in [4.69, 9.17) is 5.11 Å². The molecular formula is C14H14BrF3N2O3. The van der Waals surface area contributed by atoms with Crippen molar-refractivity contribution in [1.29, 1.82) is 0 Å². The number of carboxylic acid groups (broad SMARTS) is 1. The maximum atomic E-state index is 12.8. The van der Waals surface area contributed by atoms with Gasteiger partial charge in [-0.05, 0) is 31.5 Å². The first kappa shape index (κ1) is 17.6. The Hall–Kier alpha value is -1.77. The number of amides is 2. The zero-order chi connectivity index (χ0) is 17.4. The zero-order valence-electron chi connectivity index (χ0n) is 12.1. The van der Waals surface area contributed by atoms with Crippen LogP contribution in [0.4, 0.5) is 23.7 Å². The molecule has 2 amide bonds. The lowest BCUT2D eigenvalue weighted by molar-refractivity contribution is -0.147. The molecule has 2 rings (SSSR count). The van der Waals surface area contributed by atoms with Gasteiger partial charge in [0.25, 0.3) is 0 Å². The molecule has 1 aliphatic rings. The van der Waals surface area contributed by atoms with Crippen molar-refractivity contribution in [3.8, 4) is 0 Å². The first-order valence-electron chi connectivity index (χ1n) is 6.69. The van der Waals surface area contributed by atoms with E-state index in [9.17, 15) is 22.8 Å². The van der Waals surface area contributed by atoms with Crippen LogP contribution < -0.4 is 5.32 Å². The number of rotatable bonds is 2. The Morgan fingerprint density at radius 1 is 1.39 bits per heavy atom. The van der Waals surface area contributed by atoms with Crippen LogP contribution in [0.1, 0.15) is 18.9 Å². The molecule has 1 aromatic rings. The van der Waals surface area contributed by atoms with Gasteiger partial charge in [-0.3, -0.25) is 4.79 Å². The number of carbonyl (C=O) groups is 2. The van der Waals surface area contributed by atoms with Crippen LogP contribution in [0.25, 0.3) is 0 Å². The smallest absolute Gasteiger partial charge is 0.417 e. The maximum Gasteiger partial charge on any atom is 0.417 e. The van der Waals surface area contributed by atoms with E-state index in [2.05, 4.69) is 21.2 Å². The number of alkyl halides is 3. The highest BCUT2D eigenvalue weighted by atomic mass is 79.9. The minimum absolute atomic E-state index is 0.00514. The van der Waals surface area contributed by atoms with Crippen molar-refractivity contribution in [1.82, 2.24) is 4.90 Å². The highest BCUT2D eigenvalue weighted by Crippen LogP contribution is 2.36. The highest BCUT2D eigenvalue weighted by Gasteiger charge is 2.42. The van der Waals surface area contributed by atoms with Crippen LogP contribution in [-0.2, 0) is 11.0 Å². The third-order valence-corrected chi connectivity index (χ3v) is 4.49. The third kappa shape index (κ3) is 3.77. The monoisotopic (exact) mass is 394 g/mol. The van der Waals surface area contributed by atoms with Crippen molar-refractivity contribution < 1.29 is 27.9 Å². The lowest BCUT2D eigenvalue weighted by Gasteiger charge is -2.21. The molecule has 1 saturated heterocycles. The normalized spacial score (nSPS) is 21.3. The van der Waals surface area contributed by atoms with Gasteiger partial charge in [0.1, 0.15) is 0 Å². The predicted octanol–water partition coefficient (Wildman–Crippen LogP) is 3.80. The number of urea groups is 1. The van der Waals surface area contributed by atoms with E-state index in [1.165, 1.54) is 24.0 Å². The molecule has 0 bridgehead atoms. The number of carbonyl (C=O) groups excluding carboxylic acids is 1. The Kier molecular flexibility index (Phi) is 4.61. The van der Waals surface area contributed by atoms with Crippen LogP contribution in [-0.4, -0.2) is 35.1 Å². The second kappa shape index (κ2) is 6.03. The van der Waals surface area contributed by atoms with Crippen molar-refractivity contribution in [2.75, 3.05) is 18.4 Å². The minimum atomic E-state index is -4.55. The molecule has 0 radical (unpaired) electrons. The van der Waals surface area contributed by atoms with Gasteiger partial charge >= 0.3 is 18.2 Å². The number of aliphatic carboxylic acids is 1. The number of anilines is 1. The fourth-order valence-electron chi connectivity index (χ4n) is 2.33. The summed E-state index contributed by atoms with van der Waals surface area (Å²) >= 11 is 2.82. The Bertz CT molecular complexity index is 651. The summed E-state index contributed by atoms with van der Waals surface area (Å²) in [4.78, 5) is 24.5. The summed E-state index contributed by atoms with van der Waals surface area (Å²) in [6.45, 7) is 1.78. The summed E-state index contributed by atoms with van der Waals surface area (Å²) in [5.41, 5.74) is -1.93. The molecule has 5 nitrogen and oxygen atoms in total. The van der Waals surface area contributed by atoms with Crippen molar-refractivity contribution in [3.05, 3.63) is 28.2 Å². The van der Waals surface area contributed by atoms with Crippen molar-refractivity contribution in [2.24, 2.45) is 5.41 Å². The standard InChI is InChI=1S/C14H14BrF3N2O3/c1-13(11(21)22)4-5-20(7-13)12(23)19-8-2-3-10(15)9(6-8)14(16,17)18/h2-3,6H,4-5,7H2,1H3,(H,19,23)(H,21,22). The number of benzene rings is 1. The van der Waals surface area contributed by atoms with Gasteiger partial charge < -0.3 is 15.3 Å². The molecule has 1 aromatic carbocycles. The lowest BCUT2D eigenvalue weighted by Crippen LogP contribution is -2.37. The van der Waals surface area contributed by atoms with Gasteiger partial charge in [0.2, 0.25) is 0 Å². The van der Waals surface area contributed by atoms with E-state index < -0.39 is 29.2 Å². The van der Waals surface area contributed by atoms with Crippen molar-refractivity contribution >= 4 is 33.6 Å². The molecule has 1 fully saturated rings. The highest BCUT2D eigenvalue weighted by molar-refractivity contribution is 9.10. The first-order chi connectivity index (χ1) is 10.5. The van der Waals surface area contributed by atoms with Gasteiger partial charge in [0.15, 0.2) is 0 Å². The summed E-state index contributed by atoms with van der Waals surface area (Å²) in [7, 11) is 0. The third-order valence-electron chi connectivity index (χ3n) is 3.80. The number of halogens is 4. The van der Waals surface area contributed by atoms with E-state index in [0.29, 0.717) is 6.42 Å². The summed E-state index contributed by atoms with van der Waals surface area (Å²) in [6.07, 6.45) is -4.25. The molecule has 1 atom stereocenters. The average Bonchev–Trinajstić information content (AvgIpc) is 2.84. The molecule has 0 spiro atoms. The van der Waals surface area contributed by atoms with E-state index in [1.54, 1.807) is 0 Å². The quantitative estimate of drug-likeness (QED) is 0.801. The van der Waals surface area contributed by atoms with E-state index in [-0.39, 0.29) is 23.2 Å². The Morgan fingerprint density at radius 2 is 2.04 bits per heavy atom. The summed E-state index contributed by atoms with van der Waals surface area (Å²) < 4.78 is 38.4. The van der Waals surface area contributed by atoms with E-state index >= 15 is 0 Å². The molecule has 23 heavy (non-hydrogen) atoms. The zero-order valence-corrected chi connectivity index (χ0v) is 13.7. The van der Waals surface area contributed by atoms with E-state index in [0.717, 1.165) is 6.07 Å². The Morgan fingerprint density at radius 3 is 2.57 bits per heavy atom. The number of carboxylic acids is 1. The van der Waals surface area contributed by atoms with E-state index in [1.807, 2.05) is 0 Å². The largest absolute Gasteiger partial charge is 0.481 e. The maximum absolute atomic E-state index is 12.8. The fraction of sp³-hybridized carbons (Fsp3) is 0.429. The van der Waals surface area contributed by atoms with Gasteiger partial charge in [0, 0.05) is 23.2 Å². The molecule has 1 heterocycles. The SMILES string of the molecule is CC1(C(=O)O)CCN(C(=O)Nc2ccc(Br)c(C(F)(F)F)c2)C1. The molecule has 1 unspecified atom stereocenters. The van der Waals surface area contributed by atoms with Crippen LogP contribution in [0.15, 0.2) is 22.7 Å². The molecule has 2 N–H and O–H groups in total. The van der Waals surface area contributed by atoms with Gasteiger partial charge in [-0.15, -0.1) is 0 Å². The number of hydrogen-bond acceptors (Lipinski definition) is 2. The molecule has 1 aliphatic heterocycles. The predicted molar refractivity (Wildman–Crippen MR) is 80.1 cm³/mol.